The molecule has 42 valence electrons. The van der Waals surface area contributed by atoms with Gasteiger partial charge in [0.1, 0.15) is 8.88 Å². The molecule has 0 saturated heterocycles. The van der Waals surface area contributed by atoms with Gasteiger partial charge in [-0.05, 0) is 4.95 Å². The number of hydrogen-bond donors (Lipinski definition) is 0. The van der Waals surface area contributed by atoms with Gasteiger partial charge in [0.2, 0.25) is 0 Å². The Balaban J connectivity index is 2.98. The summed E-state index contributed by atoms with van der Waals surface area (Å²) in [5.74, 6) is 0. The van der Waals surface area contributed by atoms with E-state index in [9.17, 15) is 10.1 Å². The molecule has 6 heteroatoms. The van der Waals surface area contributed by atoms with Crippen LogP contribution >= 0.6 is 8.88 Å². The van der Waals surface area contributed by atoms with Crippen LogP contribution in [0.4, 0.5) is 0 Å². The van der Waals surface area contributed by atoms with E-state index in [0.29, 0.717) is 0 Å². The second-order valence-electron chi connectivity index (χ2n) is 0.631. The maximum atomic E-state index is 9.82. The first-order valence-electron chi connectivity index (χ1n) is 1.40. The van der Waals surface area contributed by atoms with Crippen molar-refractivity contribution < 1.29 is 4.84 Å². The fraction of sp³-hybridized carbons (Fsp3) is 1.00. The lowest BCUT2D eigenvalue weighted by molar-refractivity contribution is 0.00124. The molecule has 0 N–H and O–H groups in total. The second kappa shape index (κ2) is 4.08. The molecule has 0 aromatic heterocycles. The van der Waals surface area contributed by atoms with Gasteiger partial charge in [-0.1, -0.05) is 0 Å². The van der Waals surface area contributed by atoms with Crippen molar-refractivity contribution in [3.63, 3.8) is 0 Å². The van der Waals surface area contributed by atoms with Crippen molar-refractivity contribution in [3.05, 3.63) is 10.1 Å². The van der Waals surface area contributed by atoms with Crippen LogP contribution in [0.2, 0.25) is 0 Å². The smallest absolute Gasteiger partial charge is 0.136 e. The molecule has 0 rings (SSSR count). The minimum Gasteiger partial charge on any atom is -0.757 e. The first kappa shape index (κ1) is 6.91. The molecule has 0 heterocycles. The molecular weight excluding hydrogens is 119 g/mol. The molecule has 1 atom stereocenters. The summed E-state index contributed by atoms with van der Waals surface area (Å²) >= 11 is 0. The molecule has 0 bridgehead atoms. The number of nitrogens with zero attached hydrogens (tertiary/aromatic N) is 2. The van der Waals surface area contributed by atoms with E-state index in [4.69, 9.17) is 0 Å². The van der Waals surface area contributed by atoms with Crippen molar-refractivity contribution >= 4 is 8.88 Å². The molecule has 0 radical (unpaired) electrons. The Bertz CT molecular complexity index is 58.9. The van der Waals surface area contributed by atoms with Gasteiger partial charge in [0.05, 0.1) is 7.11 Å². The summed E-state index contributed by atoms with van der Waals surface area (Å²) in [6.07, 6.45) is 0. The van der Waals surface area contributed by atoms with Gasteiger partial charge in [-0.2, -0.15) is 0 Å². The van der Waals surface area contributed by atoms with E-state index in [1.165, 1.54) is 7.11 Å². The van der Waals surface area contributed by atoms with E-state index < -0.39 is 8.88 Å². The fourth-order valence-electron chi connectivity index (χ4n) is 0.0742. The summed E-state index contributed by atoms with van der Waals surface area (Å²) in [6.45, 7) is 0. The molecule has 0 spiro atoms. The van der Waals surface area contributed by atoms with E-state index in [-0.39, 0.29) is 5.00 Å². The predicted octanol–water partition coefficient (Wildman–Crippen LogP) is 0.622. The van der Waals surface area contributed by atoms with Crippen molar-refractivity contribution in [2.24, 2.45) is 4.95 Å². The molecule has 0 aliphatic carbocycles. The lowest BCUT2D eigenvalue weighted by Gasteiger charge is -2.18. The lowest BCUT2D eigenvalue weighted by atomic mass is 11.7. The molecule has 0 saturated carbocycles. The van der Waals surface area contributed by atoms with Crippen LogP contribution in [0.1, 0.15) is 0 Å². The summed E-state index contributed by atoms with van der Waals surface area (Å²) in [4.78, 5) is 15.6. The van der Waals surface area contributed by atoms with E-state index in [1.54, 1.807) is 0 Å². The van der Waals surface area contributed by atoms with Crippen LogP contribution in [0.25, 0.3) is 0 Å². The molecule has 0 amide bonds. The molecule has 0 aliphatic heterocycles. The minimum absolute atomic E-state index is 0.104. The summed E-state index contributed by atoms with van der Waals surface area (Å²) in [7, 11) is 0.485. The predicted molar refractivity (Wildman–Crippen MR) is 26.3 cm³/mol. The van der Waals surface area contributed by atoms with Crippen LogP contribution in [0.3, 0.4) is 0 Å². The van der Waals surface area contributed by atoms with E-state index in [1.807, 2.05) is 0 Å². The van der Waals surface area contributed by atoms with E-state index in [0.717, 1.165) is 0 Å². The molecular formula is CH4N2O3P-. The van der Waals surface area contributed by atoms with Gasteiger partial charge in [-0.25, -0.2) is 5.00 Å². The van der Waals surface area contributed by atoms with E-state index >= 15 is 0 Å². The van der Waals surface area contributed by atoms with E-state index in [2.05, 4.69) is 9.78 Å². The maximum Gasteiger partial charge on any atom is 0.136 e. The lowest BCUT2D eigenvalue weighted by Crippen LogP contribution is -1.98. The van der Waals surface area contributed by atoms with Crippen LogP contribution in [0, 0.1) is 10.1 Å². The van der Waals surface area contributed by atoms with Crippen molar-refractivity contribution in [1.82, 2.24) is 5.00 Å². The van der Waals surface area contributed by atoms with Gasteiger partial charge < -0.3 is 10.0 Å². The van der Waals surface area contributed by atoms with Crippen molar-refractivity contribution in [1.29, 1.82) is 0 Å². The highest BCUT2D eigenvalue weighted by Gasteiger charge is 1.80. The van der Waals surface area contributed by atoms with Gasteiger partial charge in [0.25, 0.3) is 0 Å². The first-order chi connectivity index (χ1) is 3.31. The van der Waals surface area contributed by atoms with Gasteiger partial charge in [-0.3, -0.25) is 0 Å². The zero-order valence-electron chi connectivity index (χ0n) is 3.62. The van der Waals surface area contributed by atoms with Crippen molar-refractivity contribution in [2.45, 2.75) is 0 Å². The van der Waals surface area contributed by atoms with Crippen molar-refractivity contribution in [3.8, 4) is 0 Å². The molecule has 0 aromatic carbocycles. The average molecular weight is 123 g/mol. The third-order valence-corrected chi connectivity index (χ3v) is 0.716. The Morgan fingerprint density at radius 1 is 2.00 bits per heavy atom. The first-order valence-corrected chi connectivity index (χ1v) is 2.30. The standard InChI is InChI=1S/CH4N2O3P/c1-6-3(5)7-2-4/h7H,1H3/q-1. The van der Waals surface area contributed by atoms with Crippen LogP contribution in [0.5, 0.6) is 0 Å². The Morgan fingerprint density at radius 2 is 2.57 bits per heavy atom. The Hall–Kier alpha value is -0.0900. The van der Waals surface area contributed by atoms with Gasteiger partial charge >= 0.3 is 0 Å². The molecule has 7 heavy (non-hydrogen) atoms. The zero-order chi connectivity index (χ0) is 5.70. The summed E-state index contributed by atoms with van der Waals surface area (Å²) in [5.41, 5.74) is 0. The van der Waals surface area contributed by atoms with Gasteiger partial charge in [0, 0.05) is 0 Å². The van der Waals surface area contributed by atoms with Gasteiger partial charge in [-0.15, -0.1) is 4.91 Å². The Labute approximate surface area is 42.0 Å². The topological polar surface area (TPSA) is 65.0 Å². The number of hydrogen-bond acceptors (Lipinski definition) is 5. The summed E-state index contributed by atoms with van der Waals surface area (Å²) in [5, 5.41) is 9.82. The average Bonchev–Trinajstić information content (AvgIpc) is 1.68. The highest BCUT2D eigenvalue weighted by molar-refractivity contribution is 7.33. The number of nitroso groups, excluding NO2 is 1. The van der Waals surface area contributed by atoms with Crippen LogP contribution < -0.4 is 0 Å². The quantitative estimate of drug-likeness (QED) is 0.313. The normalized spacial score (nSPS) is 11.3. The fourth-order valence-corrected chi connectivity index (χ4v) is 0.222. The SMILES string of the molecule is CON([O-])PN=O. The molecule has 0 fully saturated rings. The monoisotopic (exact) mass is 123 g/mol. The van der Waals surface area contributed by atoms with Crippen molar-refractivity contribution in [2.75, 3.05) is 7.11 Å². The molecule has 1 unspecified atom stereocenters. The Morgan fingerprint density at radius 3 is 2.71 bits per heavy atom. The molecule has 0 aliphatic rings. The maximum absolute atomic E-state index is 9.82. The van der Waals surface area contributed by atoms with Gasteiger partial charge in [0.15, 0.2) is 0 Å². The second-order valence-corrected chi connectivity index (χ2v) is 1.38. The van der Waals surface area contributed by atoms with Crippen LogP contribution in [-0.2, 0) is 4.84 Å². The molecule has 5 nitrogen and oxygen atoms in total. The highest BCUT2D eigenvalue weighted by Crippen LogP contribution is 2.15. The van der Waals surface area contributed by atoms with Crippen LogP contribution in [-0.4, -0.2) is 12.1 Å². The third-order valence-electron chi connectivity index (χ3n) is 0.288. The summed E-state index contributed by atoms with van der Waals surface area (Å²) in [6, 6.07) is 0. The highest BCUT2D eigenvalue weighted by atomic mass is 31.1. The third kappa shape index (κ3) is 3.75. The minimum atomic E-state index is -0.686. The largest absolute Gasteiger partial charge is 0.757 e. The number of rotatable bonds is 3. The zero-order valence-corrected chi connectivity index (χ0v) is 4.62. The molecule has 0 aromatic rings. The summed E-state index contributed by atoms with van der Waals surface area (Å²) < 4.78 is 0. The Kier molecular flexibility index (Phi) is 4.03. The van der Waals surface area contributed by atoms with Crippen LogP contribution in [0.15, 0.2) is 4.95 Å².